The molecule has 2 saturated heterocycles. The highest BCUT2D eigenvalue weighted by Crippen LogP contribution is 2.26. The summed E-state index contributed by atoms with van der Waals surface area (Å²) in [5, 5.41) is 25.2. The summed E-state index contributed by atoms with van der Waals surface area (Å²) in [5.41, 5.74) is 3.89. The molecule has 17 nitrogen and oxygen atoms in total. The third-order valence-corrected chi connectivity index (χ3v) is 8.29. The second kappa shape index (κ2) is 10.7. The van der Waals surface area contributed by atoms with Crippen LogP contribution in [0.1, 0.15) is 38.1 Å². The monoisotopic (exact) mass is 599 g/mol. The van der Waals surface area contributed by atoms with Gasteiger partial charge in [0.05, 0.1) is 38.9 Å². The molecule has 218 valence electrons. The van der Waals surface area contributed by atoms with E-state index < -0.39 is 51.5 Å². The maximum absolute atomic E-state index is 13.2. The second-order valence-corrected chi connectivity index (χ2v) is 12.5. The second-order valence-electron chi connectivity index (χ2n) is 10.4. The molecule has 4 rings (SSSR count). The molecule has 2 amide bonds. The fraction of sp³-hybridized carbons (Fsp3) is 0.571. The quantitative estimate of drug-likeness (QED) is 0.0879. The lowest BCUT2D eigenvalue weighted by Gasteiger charge is -2.46. The molecule has 2 aromatic rings. The van der Waals surface area contributed by atoms with Gasteiger partial charge in [0.1, 0.15) is 24.0 Å². The van der Waals surface area contributed by atoms with Crippen molar-refractivity contribution in [3.63, 3.8) is 0 Å². The zero-order valence-electron chi connectivity index (χ0n) is 21.9. The number of rotatable bonds is 11. The average molecular weight is 600 g/mol. The Bertz CT molecular complexity index is 1450. The minimum atomic E-state index is -5.22. The number of nitrogens with two attached hydrogens (primary N) is 1. The van der Waals surface area contributed by atoms with Crippen molar-refractivity contribution in [1.29, 1.82) is 0 Å². The van der Waals surface area contributed by atoms with Crippen LogP contribution in [0.15, 0.2) is 16.7 Å². The molecule has 2 fully saturated rings. The molecular weight excluding hydrogens is 570 g/mol. The van der Waals surface area contributed by atoms with E-state index in [-0.39, 0.29) is 21.7 Å². The van der Waals surface area contributed by atoms with E-state index in [0.717, 1.165) is 41.8 Å². The number of oxime groups is 1. The molecule has 40 heavy (non-hydrogen) atoms. The van der Waals surface area contributed by atoms with Crippen molar-refractivity contribution in [1.82, 2.24) is 29.6 Å². The summed E-state index contributed by atoms with van der Waals surface area (Å²) in [6.07, 6.45) is 3.74. The van der Waals surface area contributed by atoms with Crippen LogP contribution in [-0.4, -0.2) is 108 Å². The number of nitrogens with one attached hydrogen (secondary N) is 1. The lowest BCUT2D eigenvalue weighted by atomic mass is 9.98. The molecule has 0 saturated carbocycles. The molecule has 4 N–H and O–H groups in total. The number of quaternary nitrogens is 1. The van der Waals surface area contributed by atoms with Gasteiger partial charge in [-0.2, -0.15) is 15.0 Å². The first-order valence-corrected chi connectivity index (χ1v) is 14.4. The van der Waals surface area contributed by atoms with Gasteiger partial charge in [0.25, 0.3) is 11.8 Å². The standard InChI is InChI=1S/C21H29N9O8S2/c1-21(2,19(33)34)38-27-15(13-11-39-20(22)24-13)17(31)25-16-14(29(18(16)32)40(35,36)37)9-28-23-8-12(26-28)10-30(3)6-4-5-7-30/h8,11,14,16H,4-7,9-10H2,1-3H3,(H4-,22,24,25,31,33,34,35,36,37)/b27-15-/t14-,16+/m1/s1. The van der Waals surface area contributed by atoms with E-state index in [4.69, 9.17) is 10.6 Å². The number of carboxylic acid groups (broad SMARTS) is 1. The zero-order chi connectivity index (χ0) is 29.5. The Labute approximate surface area is 233 Å². The van der Waals surface area contributed by atoms with Gasteiger partial charge in [0.15, 0.2) is 21.1 Å². The van der Waals surface area contributed by atoms with E-state index in [2.05, 4.69) is 32.7 Å². The summed E-state index contributed by atoms with van der Waals surface area (Å²) < 4.78 is 36.4. The smallest absolute Gasteiger partial charge is 0.350 e. The highest BCUT2D eigenvalue weighted by atomic mass is 32.2. The number of carbonyl (C=O) groups excluding carboxylic acids is 2. The minimum Gasteiger partial charge on any atom is -0.731 e. The molecule has 0 bridgehead atoms. The summed E-state index contributed by atoms with van der Waals surface area (Å²) in [7, 11) is -3.12. The summed E-state index contributed by atoms with van der Waals surface area (Å²) in [4.78, 5) is 47.4. The van der Waals surface area contributed by atoms with Gasteiger partial charge in [-0.1, -0.05) is 5.16 Å². The molecule has 0 radical (unpaired) electrons. The Morgan fingerprint density at radius 3 is 2.62 bits per heavy atom. The molecule has 2 aromatic heterocycles. The van der Waals surface area contributed by atoms with Crippen LogP contribution in [-0.2, 0) is 42.6 Å². The number of thiazole rings is 1. The van der Waals surface area contributed by atoms with E-state index in [1.807, 2.05) is 0 Å². The van der Waals surface area contributed by atoms with Crippen LogP contribution in [0, 0.1) is 0 Å². The molecule has 2 atom stereocenters. The minimum absolute atomic E-state index is 0.0693. The van der Waals surface area contributed by atoms with Crippen molar-refractivity contribution in [2.24, 2.45) is 5.16 Å². The van der Waals surface area contributed by atoms with Gasteiger partial charge in [0.2, 0.25) is 5.60 Å². The molecule has 0 aliphatic carbocycles. The predicted octanol–water partition coefficient (Wildman–Crippen LogP) is -1.50. The number of β-lactam (4-membered cyclic amide) rings is 1. The van der Waals surface area contributed by atoms with Gasteiger partial charge in [-0.25, -0.2) is 22.5 Å². The van der Waals surface area contributed by atoms with Crippen molar-refractivity contribution in [2.45, 2.75) is 57.5 Å². The number of hydrogen-bond donors (Lipinski definition) is 3. The zero-order valence-corrected chi connectivity index (χ0v) is 23.5. The van der Waals surface area contributed by atoms with E-state index in [1.54, 1.807) is 0 Å². The maximum atomic E-state index is 13.2. The SMILES string of the molecule is CC(C)(O/N=C(\C(=O)N[C@@H]1C(=O)N(S(=O)(=O)[O-])[C@@H]1Cn1ncc(C[N+]2(C)CCCC2)n1)c1csc(N)n1)C(=O)O. The van der Waals surface area contributed by atoms with E-state index in [1.165, 1.54) is 30.2 Å². The fourth-order valence-corrected chi connectivity index (χ4v) is 5.85. The van der Waals surface area contributed by atoms with Gasteiger partial charge in [0, 0.05) is 18.2 Å². The Balaban J connectivity index is 1.55. The van der Waals surface area contributed by atoms with Crippen molar-refractivity contribution in [3.05, 3.63) is 23.0 Å². The first kappa shape index (κ1) is 29.3. The van der Waals surface area contributed by atoms with Gasteiger partial charge in [-0.3, -0.25) is 9.59 Å². The maximum Gasteiger partial charge on any atom is 0.350 e. The van der Waals surface area contributed by atoms with Crippen LogP contribution in [0.5, 0.6) is 0 Å². The van der Waals surface area contributed by atoms with Gasteiger partial charge >= 0.3 is 5.97 Å². The first-order valence-electron chi connectivity index (χ1n) is 12.1. The number of nitrogens with zero attached hydrogens (tertiary/aromatic N) is 7. The molecule has 2 aliphatic rings. The highest BCUT2D eigenvalue weighted by Gasteiger charge is 2.52. The van der Waals surface area contributed by atoms with Gasteiger partial charge in [-0.05, 0) is 13.8 Å². The van der Waals surface area contributed by atoms with Crippen LogP contribution in [0.2, 0.25) is 0 Å². The average Bonchev–Trinajstić information content (AvgIpc) is 3.58. The largest absolute Gasteiger partial charge is 0.731 e. The molecule has 0 unspecified atom stereocenters. The number of aromatic nitrogens is 4. The molecule has 2 aliphatic heterocycles. The Morgan fingerprint density at radius 2 is 2.05 bits per heavy atom. The number of carboxylic acids is 1. The van der Waals surface area contributed by atoms with E-state index >= 15 is 0 Å². The summed E-state index contributed by atoms with van der Waals surface area (Å²) in [5.74, 6) is -3.58. The van der Waals surface area contributed by atoms with Crippen LogP contribution in [0.4, 0.5) is 5.13 Å². The topological polar surface area (TPSA) is 235 Å². The summed E-state index contributed by atoms with van der Waals surface area (Å²) >= 11 is 0.965. The Morgan fingerprint density at radius 1 is 1.38 bits per heavy atom. The lowest BCUT2D eigenvalue weighted by Crippen LogP contribution is -2.73. The first-order chi connectivity index (χ1) is 18.6. The molecule has 0 aromatic carbocycles. The number of likely N-dealkylation sites (tertiary alicyclic amines) is 1. The Hall–Kier alpha value is -3.68. The molecule has 0 spiro atoms. The number of amides is 2. The highest BCUT2D eigenvalue weighted by molar-refractivity contribution is 7.84. The van der Waals surface area contributed by atoms with Crippen molar-refractivity contribution in [2.75, 3.05) is 25.9 Å². The van der Waals surface area contributed by atoms with Crippen LogP contribution >= 0.6 is 11.3 Å². The van der Waals surface area contributed by atoms with Crippen LogP contribution in [0.25, 0.3) is 0 Å². The van der Waals surface area contributed by atoms with Crippen molar-refractivity contribution < 1.29 is 41.8 Å². The number of anilines is 1. The summed E-state index contributed by atoms with van der Waals surface area (Å²) in [6, 6.07) is -2.81. The number of hydrogen-bond acceptors (Lipinski definition) is 13. The molecule has 4 heterocycles. The van der Waals surface area contributed by atoms with Crippen molar-refractivity contribution >= 4 is 50.3 Å². The van der Waals surface area contributed by atoms with Crippen molar-refractivity contribution in [3.8, 4) is 0 Å². The molecule has 19 heteroatoms. The normalized spacial score (nSPS) is 21.2. The predicted molar refractivity (Wildman–Crippen MR) is 137 cm³/mol. The van der Waals surface area contributed by atoms with Gasteiger partial charge in [-0.15, -0.1) is 11.3 Å². The van der Waals surface area contributed by atoms with Crippen LogP contribution in [0.3, 0.4) is 0 Å². The molecular formula is C21H29N9O8S2. The fourth-order valence-electron chi connectivity index (χ4n) is 4.45. The van der Waals surface area contributed by atoms with Crippen LogP contribution < -0.4 is 11.1 Å². The number of carbonyl (C=O) groups is 3. The third-order valence-electron chi connectivity index (χ3n) is 6.68. The lowest BCUT2D eigenvalue weighted by molar-refractivity contribution is -0.911. The number of nitrogen functional groups attached to an aromatic ring is 1. The summed E-state index contributed by atoms with van der Waals surface area (Å²) in [6.45, 7) is 4.68. The van der Waals surface area contributed by atoms with Gasteiger partial charge < -0.3 is 30.0 Å². The third kappa shape index (κ3) is 6.21. The number of aliphatic carboxylic acids is 1. The van der Waals surface area contributed by atoms with E-state index in [0.29, 0.717) is 12.2 Å². The Kier molecular flexibility index (Phi) is 7.85. The van der Waals surface area contributed by atoms with E-state index in [9.17, 15) is 32.5 Å².